The standard InChI is InChI=1S/C16H17FN2O2/c1-11-6-7-13(8-16(11)19(20)21)10-18-12(2)14-4-3-5-15(17)9-14/h3-9,12,18H,10H2,1-2H3/t12-/m1/s1. The van der Waals surface area contributed by atoms with E-state index in [1.54, 1.807) is 25.1 Å². The lowest BCUT2D eigenvalue weighted by atomic mass is 10.1. The molecule has 0 unspecified atom stereocenters. The molecule has 0 radical (unpaired) electrons. The van der Waals surface area contributed by atoms with Gasteiger partial charge in [-0.15, -0.1) is 0 Å². The van der Waals surface area contributed by atoms with E-state index in [4.69, 9.17) is 0 Å². The molecule has 21 heavy (non-hydrogen) atoms. The van der Waals surface area contributed by atoms with Gasteiger partial charge in [0.05, 0.1) is 4.92 Å². The van der Waals surface area contributed by atoms with Gasteiger partial charge in [0, 0.05) is 24.2 Å². The fourth-order valence-electron chi connectivity index (χ4n) is 2.13. The Labute approximate surface area is 122 Å². The highest BCUT2D eigenvalue weighted by molar-refractivity contribution is 5.42. The lowest BCUT2D eigenvalue weighted by Crippen LogP contribution is -2.18. The van der Waals surface area contributed by atoms with Crippen molar-refractivity contribution in [3.05, 3.63) is 75.1 Å². The van der Waals surface area contributed by atoms with Gasteiger partial charge in [-0.05, 0) is 37.1 Å². The van der Waals surface area contributed by atoms with Crippen LogP contribution in [0.1, 0.15) is 29.7 Å². The number of nitro benzene ring substituents is 1. The number of rotatable bonds is 5. The molecule has 2 aromatic carbocycles. The second kappa shape index (κ2) is 6.45. The first-order valence-corrected chi connectivity index (χ1v) is 6.70. The quantitative estimate of drug-likeness (QED) is 0.670. The van der Waals surface area contributed by atoms with Crippen molar-refractivity contribution in [2.45, 2.75) is 26.4 Å². The molecule has 0 saturated carbocycles. The summed E-state index contributed by atoms with van der Waals surface area (Å²) in [6.07, 6.45) is 0. The van der Waals surface area contributed by atoms with Gasteiger partial charge in [-0.1, -0.05) is 24.3 Å². The van der Waals surface area contributed by atoms with E-state index >= 15 is 0 Å². The Hall–Kier alpha value is -2.27. The molecule has 2 rings (SSSR count). The number of aryl methyl sites for hydroxylation is 1. The van der Waals surface area contributed by atoms with Crippen molar-refractivity contribution in [2.24, 2.45) is 0 Å². The van der Waals surface area contributed by atoms with Gasteiger partial charge in [-0.25, -0.2) is 4.39 Å². The summed E-state index contributed by atoms with van der Waals surface area (Å²) in [7, 11) is 0. The predicted molar refractivity (Wildman–Crippen MR) is 79.5 cm³/mol. The first-order valence-electron chi connectivity index (χ1n) is 6.70. The monoisotopic (exact) mass is 288 g/mol. The van der Waals surface area contributed by atoms with Gasteiger partial charge in [0.15, 0.2) is 0 Å². The number of nitrogens with zero attached hydrogens (tertiary/aromatic N) is 1. The molecule has 5 heteroatoms. The summed E-state index contributed by atoms with van der Waals surface area (Å²) in [6.45, 7) is 4.13. The SMILES string of the molecule is Cc1ccc(CN[C@H](C)c2cccc(F)c2)cc1[N+](=O)[O-]. The van der Waals surface area contributed by atoms with Crippen molar-refractivity contribution in [1.82, 2.24) is 5.32 Å². The Morgan fingerprint density at radius 3 is 2.71 bits per heavy atom. The molecule has 0 amide bonds. The van der Waals surface area contributed by atoms with Crippen molar-refractivity contribution >= 4 is 5.69 Å². The smallest absolute Gasteiger partial charge is 0.272 e. The highest BCUT2D eigenvalue weighted by Gasteiger charge is 2.12. The molecule has 0 aliphatic rings. The third kappa shape index (κ3) is 3.86. The van der Waals surface area contributed by atoms with Crippen LogP contribution in [0.4, 0.5) is 10.1 Å². The molecular weight excluding hydrogens is 271 g/mol. The van der Waals surface area contributed by atoms with Gasteiger partial charge in [0.1, 0.15) is 5.82 Å². The summed E-state index contributed by atoms with van der Waals surface area (Å²) >= 11 is 0. The zero-order chi connectivity index (χ0) is 15.4. The molecule has 1 atom stereocenters. The second-order valence-corrected chi connectivity index (χ2v) is 5.04. The molecule has 2 aromatic rings. The Kier molecular flexibility index (Phi) is 4.65. The molecule has 4 nitrogen and oxygen atoms in total. The van der Waals surface area contributed by atoms with Gasteiger partial charge >= 0.3 is 0 Å². The molecule has 0 spiro atoms. The van der Waals surface area contributed by atoms with Crippen LogP contribution in [0.5, 0.6) is 0 Å². The van der Waals surface area contributed by atoms with E-state index < -0.39 is 0 Å². The minimum Gasteiger partial charge on any atom is -0.306 e. The van der Waals surface area contributed by atoms with Gasteiger partial charge in [-0.2, -0.15) is 0 Å². The van der Waals surface area contributed by atoms with Crippen LogP contribution in [0.2, 0.25) is 0 Å². The maximum Gasteiger partial charge on any atom is 0.272 e. The van der Waals surface area contributed by atoms with Gasteiger partial charge in [-0.3, -0.25) is 10.1 Å². The number of nitro groups is 1. The highest BCUT2D eigenvalue weighted by atomic mass is 19.1. The van der Waals surface area contributed by atoms with Crippen LogP contribution in [0.25, 0.3) is 0 Å². The van der Waals surface area contributed by atoms with Crippen LogP contribution in [-0.4, -0.2) is 4.92 Å². The fraction of sp³-hybridized carbons (Fsp3) is 0.250. The average Bonchev–Trinajstić information content (AvgIpc) is 2.45. The Bertz CT molecular complexity index is 658. The van der Waals surface area contributed by atoms with Gasteiger partial charge < -0.3 is 5.32 Å². The lowest BCUT2D eigenvalue weighted by molar-refractivity contribution is -0.385. The van der Waals surface area contributed by atoms with Crippen molar-refractivity contribution in [3.8, 4) is 0 Å². The largest absolute Gasteiger partial charge is 0.306 e. The second-order valence-electron chi connectivity index (χ2n) is 5.04. The lowest BCUT2D eigenvalue weighted by Gasteiger charge is -2.14. The van der Waals surface area contributed by atoms with E-state index in [0.717, 1.165) is 11.1 Å². The molecule has 0 fully saturated rings. The van der Waals surface area contributed by atoms with Crippen molar-refractivity contribution in [3.63, 3.8) is 0 Å². The fourth-order valence-corrected chi connectivity index (χ4v) is 2.13. The summed E-state index contributed by atoms with van der Waals surface area (Å²) < 4.78 is 13.2. The molecule has 0 bridgehead atoms. The molecular formula is C16H17FN2O2. The number of benzene rings is 2. The predicted octanol–water partition coefficient (Wildman–Crippen LogP) is 3.89. The number of halogens is 1. The van der Waals surface area contributed by atoms with E-state index in [0.29, 0.717) is 12.1 Å². The van der Waals surface area contributed by atoms with Gasteiger partial charge in [0.2, 0.25) is 0 Å². The van der Waals surface area contributed by atoms with E-state index in [2.05, 4.69) is 5.32 Å². The highest BCUT2D eigenvalue weighted by Crippen LogP contribution is 2.20. The van der Waals surface area contributed by atoms with E-state index in [1.807, 2.05) is 19.1 Å². The van der Waals surface area contributed by atoms with E-state index in [-0.39, 0.29) is 22.5 Å². The summed E-state index contributed by atoms with van der Waals surface area (Å²) in [4.78, 5) is 10.5. The third-order valence-corrected chi connectivity index (χ3v) is 3.43. The summed E-state index contributed by atoms with van der Waals surface area (Å²) in [5.41, 5.74) is 2.43. The Morgan fingerprint density at radius 1 is 1.29 bits per heavy atom. The zero-order valence-electron chi connectivity index (χ0n) is 12.0. The summed E-state index contributed by atoms with van der Waals surface area (Å²) in [5.74, 6) is -0.271. The topological polar surface area (TPSA) is 55.2 Å². The minimum absolute atomic E-state index is 0.0407. The van der Waals surface area contributed by atoms with Crippen LogP contribution in [-0.2, 0) is 6.54 Å². The first-order chi connectivity index (χ1) is 9.97. The van der Waals surface area contributed by atoms with Crippen molar-refractivity contribution in [1.29, 1.82) is 0 Å². The van der Waals surface area contributed by atoms with Crippen LogP contribution < -0.4 is 5.32 Å². The molecule has 0 aliphatic heterocycles. The van der Waals surface area contributed by atoms with Crippen LogP contribution in [0.15, 0.2) is 42.5 Å². The maximum atomic E-state index is 13.2. The van der Waals surface area contributed by atoms with Crippen LogP contribution >= 0.6 is 0 Å². The zero-order valence-corrected chi connectivity index (χ0v) is 12.0. The Morgan fingerprint density at radius 2 is 2.05 bits per heavy atom. The molecule has 0 saturated heterocycles. The molecule has 1 N–H and O–H groups in total. The normalized spacial score (nSPS) is 12.1. The van der Waals surface area contributed by atoms with Crippen LogP contribution in [0, 0.1) is 22.9 Å². The average molecular weight is 288 g/mol. The van der Waals surface area contributed by atoms with E-state index in [9.17, 15) is 14.5 Å². The molecule has 110 valence electrons. The molecule has 0 heterocycles. The molecule has 0 aliphatic carbocycles. The third-order valence-electron chi connectivity index (χ3n) is 3.43. The van der Waals surface area contributed by atoms with Gasteiger partial charge in [0.25, 0.3) is 5.69 Å². The summed E-state index contributed by atoms with van der Waals surface area (Å²) in [5, 5.41) is 14.2. The first kappa shape index (κ1) is 15.1. The minimum atomic E-state index is -0.380. The summed E-state index contributed by atoms with van der Waals surface area (Å²) in [6, 6.07) is 11.5. The maximum absolute atomic E-state index is 13.2. The van der Waals surface area contributed by atoms with E-state index in [1.165, 1.54) is 12.1 Å². The Balaban J connectivity index is 2.06. The number of hydrogen-bond acceptors (Lipinski definition) is 3. The van der Waals surface area contributed by atoms with Crippen molar-refractivity contribution < 1.29 is 9.31 Å². The van der Waals surface area contributed by atoms with Crippen LogP contribution in [0.3, 0.4) is 0 Å². The number of hydrogen-bond donors (Lipinski definition) is 1. The molecule has 0 aromatic heterocycles. The van der Waals surface area contributed by atoms with Crippen molar-refractivity contribution in [2.75, 3.05) is 0 Å². The number of nitrogens with one attached hydrogen (secondary N) is 1.